The van der Waals surface area contributed by atoms with Gasteiger partial charge in [0.1, 0.15) is 0 Å². The van der Waals surface area contributed by atoms with Crippen molar-refractivity contribution in [2.75, 3.05) is 6.54 Å². The van der Waals surface area contributed by atoms with Crippen LogP contribution in [0, 0.1) is 16.7 Å². The van der Waals surface area contributed by atoms with Crippen molar-refractivity contribution in [2.45, 2.75) is 46.1 Å². The molecule has 1 aromatic carbocycles. The van der Waals surface area contributed by atoms with Gasteiger partial charge in [-0.1, -0.05) is 40.5 Å². The maximum absolute atomic E-state index is 8.95. The first-order valence-corrected chi connectivity index (χ1v) is 7.64. The monoisotopic (exact) mass is 322 g/mol. The van der Waals surface area contributed by atoms with Gasteiger partial charge >= 0.3 is 0 Å². The summed E-state index contributed by atoms with van der Waals surface area (Å²) in [5, 5.41) is 12.5. The number of benzene rings is 1. The van der Waals surface area contributed by atoms with Crippen molar-refractivity contribution < 1.29 is 0 Å². The largest absolute Gasteiger partial charge is 0.310 e. The number of hydrogen-bond acceptors (Lipinski definition) is 2. The SMILES string of the molecule is C[C@@H](NCCCCC(C)(C)C#N)c1ccccc1Br. The molecule has 0 saturated heterocycles. The van der Waals surface area contributed by atoms with E-state index >= 15 is 0 Å². The summed E-state index contributed by atoms with van der Waals surface area (Å²) in [6.07, 6.45) is 3.17. The Morgan fingerprint density at radius 3 is 2.63 bits per heavy atom. The van der Waals surface area contributed by atoms with Crippen LogP contribution in [0.3, 0.4) is 0 Å². The number of rotatable bonds is 7. The molecule has 0 radical (unpaired) electrons. The lowest BCUT2D eigenvalue weighted by Gasteiger charge is -2.17. The highest BCUT2D eigenvalue weighted by molar-refractivity contribution is 9.10. The molecule has 0 amide bonds. The lowest BCUT2D eigenvalue weighted by atomic mass is 9.89. The van der Waals surface area contributed by atoms with E-state index in [2.05, 4.69) is 52.4 Å². The Labute approximate surface area is 125 Å². The van der Waals surface area contributed by atoms with Gasteiger partial charge in [-0.15, -0.1) is 0 Å². The Morgan fingerprint density at radius 1 is 1.32 bits per heavy atom. The zero-order valence-corrected chi connectivity index (χ0v) is 13.6. The molecule has 0 fully saturated rings. The summed E-state index contributed by atoms with van der Waals surface area (Å²) in [7, 11) is 0. The highest BCUT2D eigenvalue weighted by Crippen LogP contribution is 2.23. The number of hydrogen-bond donors (Lipinski definition) is 1. The summed E-state index contributed by atoms with van der Waals surface area (Å²) >= 11 is 3.58. The van der Waals surface area contributed by atoms with Crippen molar-refractivity contribution in [2.24, 2.45) is 5.41 Å². The lowest BCUT2D eigenvalue weighted by molar-refractivity contribution is 0.417. The van der Waals surface area contributed by atoms with E-state index in [9.17, 15) is 0 Å². The number of nitrogens with one attached hydrogen (secondary N) is 1. The van der Waals surface area contributed by atoms with Crippen LogP contribution in [0.4, 0.5) is 0 Å². The third-order valence-corrected chi connectivity index (χ3v) is 4.08. The molecule has 104 valence electrons. The van der Waals surface area contributed by atoms with Crippen LogP contribution < -0.4 is 5.32 Å². The van der Waals surface area contributed by atoms with Gasteiger partial charge in [0.05, 0.1) is 11.5 Å². The molecular weight excluding hydrogens is 300 g/mol. The molecule has 0 aliphatic rings. The minimum absolute atomic E-state index is 0.186. The molecule has 0 aromatic heterocycles. The van der Waals surface area contributed by atoms with Gasteiger partial charge < -0.3 is 5.32 Å². The Morgan fingerprint density at radius 2 is 2.00 bits per heavy atom. The van der Waals surface area contributed by atoms with Crippen LogP contribution in [-0.4, -0.2) is 6.54 Å². The Kier molecular flexibility index (Phi) is 6.54. The molecule has 0 unspecified atom stereocenters. The lowest BCUT2D eigenvalue weighted by Crippen LogP contribution is -2.20. The molecule has 2 nitrogen and oxygen atoms in total. The summed E-state index contributed by atoms with van der Waals surface area (Å²) in [6.45, 7) is 7.18. The van der Waals surface area contributed by atoms with Crippen molar-refractivity contribution >= 4 is 15.9 Å². The van der Waals surface area contributed by atoms with E-state index in [1.807, 2.05) is 19.9 Å². The molecular formula is C16H23BrN2. The molecule has 0 heterocycles. The van der Waals surface area contributed by atoms with Gasteiger partial charge in [0.25, 0.3) is 0 Å². The fourth-order valence-corrected chi connectivity index (χ4v) is 2.63. The van der Waals surface area contributed by atoms with Crippen molar-refractivity contribution in [1.29, 1.82) is 5.26 Å². The summed E-state index contributed by atoms with van der Waals surface area (Å²) in [4.78, 5) is 0. The van der Waals surface area contributed by atoms with Crippen molar-refractivity contribution in [1.82, 2.24) is 5.32 Å². The van der Waals surface area contributed by atoms with Gasteiger partial charge in [0.2, 0.25) is 0 Å². The van der Waals surface area contributed by atoms with Gasteiger partial charge in [0.15, 0.2) is 0 Å². The van der Waals surface area contributed by atoms with Crippen LogP contribution in [0.15, 0.2) is 28.7 Å². The fraction of sp³-hybridized carbons (Fsp3) is 0.562. The first-order valence-electron chi connectivity index (χ1n) is 6.85. The predicted molar refractivity (Wildman–Crippen MR) is 83.8 cm³/mol. The third kappa shape index (κ3) is 5.76. The Hall–Kier alpha value is -0.850. The van der Waals surface area contributed by atoms with Crippen LogP contribution >= 0.6 is 15.9 Å². The van der Waals surface area contributed by atoms with Crippen molar-refractivity contribution in [3.63, 3.8) is 0 Å². The number of halogens is 1. The van der Waals surface area contributed by atoms with Gasteiger partial charge in [-0.25, -0.2) is 0 Å². The summed E-state index contributed by atoms with van der Waals surface area (Å²) in [5.74, 6) is 0. The average molecular weight is 323 g/mol. The smallest absolute Gasteiger partial charge is 0.0683 e. The van der Waals surface area contributed by atoms with Crippen LogP contribution in [0.25, 0.3) is 0 Å². The normalized spacial score (nSPS) is 13.0. The van der Waals surface area contributed by atoms with Crippen LogP contribution in [0.5, 0.6) is 0 Å². The number of nitrogens with zero attached hydrogens (tertiary/aromatic N) is 1. The maximum atomic E-state index is 8.95. The van der Waals surface area contributed by atoms with Crippen LogP contribution in [0.1, 0.15) is 51.6 Å². The highest BCUT2D eigenvalue weighted by atomic mass is 79.9. The summed E-state index contributed by atoms with van der Waals surface area (Å²) in [5.41, 5.74) is 1.11. The van der Waals surface area contributed by atoms with E-state index in [0.717, 1.165) is 30.3 Å². The molecule has 19 heavy (non-hydrogen) atoms. The van der Waals surface area contributed by atoms with E-state index in [4.69, 9.17) is 5.26 Å². The van der Waals surface area contributed by atoms with E-state index in [0.29, 0.717) is 6.04 Å². The minimum atomic E-state index is -0.186. The van der Waals surface area contributed by atoms with Gasteiger partial charge in [-0.2, -0.15) is 5.26 Å². The fourth-order valence-electron chi connectivity index (χ4n) is 2.00. The second-order valence-electron chi connectivity index (χ2n) is 5.65. The quantitative estimate of drug-likeness (QED) is 0.730. The van der Waals surface area contributed by atoms with E-state index in [1.165, 1.54) is 5.56 Å². The van der Waals surface area contributed by atoms with Crippen molar-refractivity contribution in [3.8, 4) is 6.07 Å². The first-order chi connectivity index (χ1) is 8.96. The molecule has 0 aliphatic heterocycles. The number of nitriles is 1. The van der Waals surface area contributed by atoms with Gasteiger partial charge in [-0.3, -0.25) is 0 Å². The Bertz CT molecular complexity index is 435. The van der Waals surface area contributed by atoms with E-state index < -0.39 is 0 Å². The second kappa shape index (κ2) is 7.67. The van der Waals surface area contributed by atoms with E-state index in [-0.39, 0.29) is 5.41 Å². The predicted octanol–water partition coefficient (Wildman–Crippen LogP) is 4.82. The maximum Gasteiger partial charge on any atom is 0.0683 e. The van der Waals surface area contributed by atoms with Gasteiger partial charge in [-0.05, 0) is 51.8 Å². The first kappa shape index (κ1) is 16.2. The molecule has 3 heteroatoms. The molecule has 0 bridgehead atoms. The molecule has 0 aliphatic carbocycles. The second-order valence-corrected chi connectivity index (χ2v) is 6.50. The van der Waals surface area contributed by atoms with Crippen LogP contribution in [-0.2, 0) is 0 Å². The average Bonchev–Trinajstić information content (AvgIpc) is 2.38. The van der Waals surface area contributed by atoms with Gasteiger partial charge in [0, 0.05) is 10.5 Å². The zero-order valence-electron chi connectivity index (χ0n) is 12.0. The molecule has 1 N–H and O–H groups in total. The van der Waals surface area contributed by atoms with E-state index in [1.54, 1.807) is 0 Å². The zero-order chi connectivity index (χ0) is 14.3. The minimum Gasteiger partial charge on any atom is -0.310 e. The number of unbranched alkanes of at least 4 members (excludes halogenated alkanes) is 1. The molecule has 1 rings (SSSR count). The van der Waals surface area contributed by atoms with Crippen molar-refractivity contribution in [3.05, 3.63) is 34.3 Å². The highest BCUT2D eigenvalue weighted by Gasteiger charge is 2.15. The summed E-state index contributed by atoms with van der Waals surface area (Å²) < 4.78 is 1.15. The molecule has 0 spiro atoms. The molecule has 1 aromatic rings. The summed E-state index contributed by atoms with van der Waals surface area (Å²) in [6, 6.07) is 11.0. The topological polar surface area (TPSA) is 35.8 Å². The Balaban J connectivity index is 2.27. The standard InChI is InChI=1S/C16H23BrN2/c1-13(14-8-4-5-9-15(14)17)19-11-7-6-10-16(2,3)12-18/h4-5,8-9,13,19H,6-7,10-11H2,1-3H3/t13-/m1/s1. The van der Waals surface area contributed by atoms with Crippen LogP contribution in [0.2, 0.25) is 0 Å². The molecule has 1 atom stereocenters. The third-order valence-electron chi connectivity index (χ3n) is 3.35. The molecule has 0 saturated carbocycles.